The number of H-pyrrole nitrogens is 1. The Morgan fingerprint density at radius 2 is 2.08 bits per heavy atom. The lowest BCUT2D eigenvalue weighted by atomic mass is 10.3. The fourth-order valence-electron chi connectivity index (χ4n) is 2.68. The van der Waals surface area contributed by atoms with Gasteiger partial charge in [-0.15, -0.1) is 11.3 Å². The van der Waals surface area contributed by atoms with E-state index < -0.39 is 0 Å². The summed E-state index contributed by atoms with van der Waals surface area (Å²) >= 11 is 1.52. The van der Waals surface area contributed by atoms with E-state index in [2.05, 4.69) is 25.3 Å². The van der Waals surface area contributed by atoms with Gasteiger partial charge in [-0.05, 0) is 24.3 Å². The highest BCUT2D eigenvalue weighted by atomic mass is 32.1. The van der Waals surface area contributed by atoms with E-state index in [0.717, 1.165) is 33.1 Å². The number of hydrogen-bond acceptors (Lipinski definition) is 5. The minimum absolute atomic E-state index is 0.0378. The quantitative estimate of drug-likeness (QED) is 0.552. The summed E-state index contributed by atoms with van der Waals surface area (Å²) in [7, 11) is 0. The van der Waals surface area contributed by atoms with E-state index in [1.165, 1.54) is 11.3 Å². The van der Waals surface area contributed by atoms with Crippen molar-refractivity contribution >= 4 is 28.3 Å². The van der Waals surface area contributed by atoms with Crippen molar-refractivity contribution in [3.63, 3.8) is 0 Å². The average molecular weight is 363 g/mol. The summed E-state index contributed by atoms with van der Waals surface area (Å²) in [6.45, 7) is 0.540. The van der Waals surface area contributed by atoms with Gasteiger partial charge < -0.3 is 10.3 Å². The van der Waals surface area contributed by atoms with Gasteiger partial charge in [0.15, 0.2) is 0 Å². The largest absolute Gasteiger partial charge is 0.355 e. The highest BCUT2D eigenvalue weighted by Crippen LogP contribution is 2.22. The number of thiazole rings is 1. The number of carbonyl (C=O) groups is 1. The molecule has 0 radical (unpaired) electrons. The van der Waals surface area contributed by atoms with Crippen LogP contribution in [0.15, 0.2) is 54.2 Å². The molecule has 3 aromatic heterocycles. The molecule has 0 atom stereocenters. The molecule has 7 heteroatoms. The van der Waals surface area contributed by atoms with Crippen LogP contribution in [0.2, 0.25) is 0 Å². The molecule has 1 amide bonds. The predicted molar refractivity (Wildman–Crippen MR) is 102 cm³/mol. The maximum Gasteiger partial charge on any atom is 0.226 e. The number of nitrogens with one attached hydrogen (secondary N) is 2. The third-order valence-corrected chi connectivity index (χ3v) is 4.86. The van der Waals surface area contributed by atoms with Crippen molar-refractivity contribution in [1.29, 1.82) is 0 Å². The van der Waals surface area contributed by atoms with Crippen LogP contribution in [0.3, 0.4) is 0 Å². The van der Waals surface area contributed by atoms with Gasteiger partial charge in [-0.3, -0.25) is 9.78 Å². The van der Waals surface area contributed by atoms with E-state index in [1.807, 2.05) is 41.8 Å². The maximum atomic E-state index is 12.1. The zero-order valence-electron chi connectivity index (χ0n) is 14.0. The van der Waals surface area contributed by atoms with Crippen LogP contribution in [0.1, 0.15) is 11.5 Å². The van der Waals surface area contributed by atoms with Gasteiger partial charge in [0.2, 0.25) is 5.91 Å². The normalized spacial score (nSPS) is 10.9. The molecular weight excluding hydrogens is 346 g/mol. The summed E-state index contributed by atoms with van der Waals surface area (Å²) in [6.07, 6.45) is 4.44. The molecule has 2 N–H and O–H groups in total. The SMILES string of the molecule is O=C(Cc1csc(-c2cccnc2)n1)NCCc1nc2ccccc2[nH]1. The number of nitrogens with zero attached hydrogens (tertiary/aromatic N) is 3. The fourth-order valence-corrected chi connectivity index (χ4v) is 3.49. The van der Waals surface area contributed by atoms with E-state index >= 15 is 0 Å². The van der Waals surface area contributed by atoms with Crippen LogP contribution >= 0.6 is 11.3 Å². The van der Waals surface area contributed by atoms with Crippen molar-refractivity contribution in [1.82, 2.24) is 25.3 Å². The van der Waals surface area contributed by atoms with Gasteiger partial charge in [-0.25, -0.2) is 9.97 Å². The number of rotatable bonds is 6. The first-order valence-electron chi connectivity index (χ1n) is 8.33. The monoisotopic (exact) mass is 363 g/mol. The van der Waals surface area contributed by atoms with Crippen LogP contribution in [0, 0.1) is 0 Å². The van der Waals surface area contributed by atoms with Crippen molar-refractivity contribution in [3.8, 4) is 10.6 Å². The summed E-state index contributed by atoms with van der Waals surface area (Å²) in [6, 6.07) is 11.7. The number of aromatic amines is 1. The van der Waals surface area contributed by atoms with Crippen molar-refractivity contribution < 1.29 is 4.79 Å². The average Bonchev–Trinajstić information content (AvgIpc) is 3.29. The van der Waals surface area contributed by atoms with Crippen LogP contribution < -0.4 is 5.32 Å². The van der Waals surface area contributed by atoms with Gasteiger partial charge in [-0.2, -0.15) is 0 Å². The van der Waals surface area contributed by atoms with E-state index in [9.17, 15) is 4.79 Å². The van der Waals surface area contributed by atoms with Crippen LogP contribution in [0.5, 0.6) is 0 Å². The molecule has 26 heavy (non-hydrogen) atoms. The Hall–Kier alpha value is -3.06. The standard InChI is InChI=1S/C19H17N5OS/c25-18(10-14-12-26-19(22-14)13-4-3-8-20-11-13)21-9-7-17-23-15-5-1-2-6-16(15)24-17/h1-6,8,11-12H,7,9-10H2,(H,21,25)(H,23,24). The zero-order chi connectivity index (χ0) is 17.8. The fraction of sp³-hybridized carbons (Fsp3) is 0.158. The molecule has 130 valence electrons. The van der Waals surface area contributed by atoms with Gasteiger partial charge in [0.25, 0.3) is 0 Å². The molecule has 0 fully saturated rings. The molecular formula is C19H17N5OS. The highest BCUT2D eigenvalue weighted by molar-refractivity contribution is 7.13. The van der Waals surface area contributed by atoms with E-state index in [4.69, 9.17) is 0 Å². The van der Waals surface area contributed by atoms with Gasteiger partial charge in [-0.1, -0.05) is 12.1 Å². The van der Waals surface area contributed by atoms with Crippen molar-refractivity contribution in [2.24, 2.45) is 0 Å². The molecule has 0 unspecified atom stereocenters. The maximum absolute atomic E-state index is 12.1. The van der Waals surface area contributed by atoms with Crippen molar-refractivity contribution in [3.05, 3.63) is 65.7 Å². The molecule has 0 bridgehead atoms. The first-order valence-corrected chi connectivity index (χ1v) is 9.21. The summed E-state index contributed by atoms with van der Waals surface area (Å²) in [5, 5.41) is 5.72. The topological polar surface area (TPSA) is 83.6 Å². The third-order valence-electron chi connectivity index (χ3n) is 3.92. The van der Waals surface area contributed by atoms with Crippen LogP contribution in [0.4, 0.5) is 0 Å². The second-order valence-electron chi connectivity index (χ2n) is 5.86. The van der Waals surface area contributed by atoms with E-state index in [1.54, 1.807) is 12.4 Å². The Labute approximate surface area is 154 Å². The van der Waals surface area contributed by atoms with Gasteiger partial charge in [0, 0.05) is 36.3 Å². The molecule has 4 rings (SSSR count). The second kappa shape index (κ2) is 7.45. The molecule has 3 heterocycles. The lowest BCUT2D eigenvalue weighted by Crippen LogP contribution is -2.27. The molecule has 0 spiro atoms. The van der Waals surface area contributed by atoms with Crippen molar-refractivity contribution in [2.75, 3.05) is 6.54 Å². The molecule has 0 aliphatic rings. The second-order valence-corrected chi connectivity index (χ2v) is 6.72. The van der Waals surface area contributed by atoms with Gasteiger partial charge in [0.05, 0.1) is 23.1 Å². The Morgan fingerprint density at radius 3 is 2.92 bits per heavy atom. The number of amides is 1. The molecule has 1 aromatic carbocycles. The third kappa shape index (κ3) is 3.78. The molecule has 0 saturated heterocycles. The van der Waals surface area contributed by atoms with Crippen LogP contribution in [-0.4, -0.2) is 32.4 Å². The van der Waals surface area contributed by atoms with Crippen LogP contribution in [-0.2, 0) is 17.6 Å². The Balaban J connectivity index is 1.29. The summed E-state index contributed by atoms with van der Waals surface area (Å²) in [5.41, 5.74) is 3.70. The lowest BCUT2D eigenvalue weighted by molar-refractivity contribution is -0.120. The first-order chi connectivity index (χ1) is 12.8. The summed E-state index contributed by atoms with van der Waals surface area (Å²) in [4.78, 5) is 28.5. The summed E-state index contributed by atoms with van der Waals surface area (Å²) < 4.78 is 0. The minimum atomic E-state index is -0.0378. The Bertz CT molecular complexity index is 992. The smallest absolute Gasteiger partial charge is 0.226 e. The number of para-hydroxylation sites is 2. The highest BCUT2D eigenvalue weighted by Gasteiger charge is 2.09. The molecule has 0 saturated carbocycles. The number of pyridine rings is 1. The molecule has 0 aliphatic carbocycles. The van der Waals surface area contributed by atoms with Gasteiger partial charge >= 0.3 is 0 Å². The molecule has 6 nitrogen and oxygen atoms in total. The number of imidazole rings is 1. The number of aromatic nitrogens is 4. The minimum Gasteiger partial charge on any atom is -0.355 e. The Morgan fingerprint density at radius 1 is 1.15 bits per heavy atom. The van der Waals surface area contributed by atoms with E-state index in [0.29, 0.717) is 13.0 Å². The van der Waals surface area contributed by atoms with Gasteiger partial charge in [0.1, 0.15) is 10.8 Å². The predicted octanol–water partition coefficient (Wildman–Crippen LogP) is 2.98. The Kier molecular flexibility index (Phi) is 4.70. The van der Waals surface area contributed by atoms with E-state index in [-0.39, 0.29) is 12.3 Å². The van der Waals surface area contributed by atoms with Crippen LogP contribution in [0.25, 0.3) is 21.6 Å². The lowest BCUT2D eigenvalue weighted by Gasteiger charge is -2.02. The number of hydrogen-bond donors (Lipinski definition) is 2. The number of carbonyl (C=O) groups excluding carboxylic acids is 1. The summed E-state index contributed by atoms with van der Waals surface area (Å²) in [5.74, 6) is 0.836. The first kappa shape index (κ1) is 16.4. The number of fused-ring (bicyclic) bond motifs is 1. The number of benzene rings is 1. The zero-order valence-corrected chi connectivity index (χ0v) is 14.8. The molecule has 0 aliphatic heterocycles. The molecule has 4 aromatic rings. The van der Waals surface area contributed by atoms with Crippen molar-refractivity contribution in [2.45, 2.75) is 12.8 Å².